The summed E-state index contributed by atoms with van der Waals surface area (Å²) in [4.78, 5) is 12.0. The number of thioether (sulfide) groups is 1. The highest BCUT2D eigenvalue weighted by Crippen LogP contribution is 2.28. The van der Waals surface area contributed by atoms with Gasteiger partial charge in [-0.05, 0) is 24.3 Å². The average molecular weight is 403 g/mol. The van der Waals surface area contributed by atoms with Gasteiger partial charge >= 0.3 is 0 Å². The number of carbonyl (C=O) groups is 1. The van der Waals surface area contributed by atoms with Crippen molar-refractivity contribution in [2.75, 3.05) is 18.9 Å². The lowest BCUT2D eigenvalue weighted by Crippen LogP contribution is -2.29. The number of benzene rings is 2. The quantitative estimate of drug-likeness (QED) is 0.462. The lowest BCUT2D eigenvalue weighted by atomic mass is 10.2. The van der Waals surface area contributed by atoms with E-state index in [1.807, 2.05) is 66.2 Å². The molecule has 6 nitrogen and oxygen atoms in total. The predicted molar refractivity (Wildman–Crippen MR) is 107 cm³/mol. The summed E-state index contributed by atoms with van der Waals surface area (Å²) in [7, 11) is 1.85. The lowest BCUT2D eigenvalue weighted by molar-refractivity contribution is -0.118. The molecule has 27 heavy (non-hydrogen) atoms. The van der Waals surface area contributed by atoms with Gasteiger partial charge in [0.25, 0.3) is 0 Å². The number of ether oxygens (including phenoxy) is 1. The summed E-state index contributed by atoms with van der Waals surface area (Å²) in [5, 5.41) is 12.4. The third-order valence-electron chi connectivity index (χ3n) is 3.72. The van der Waals surface area contributed by atoms with E-state index in [1.165, 1.54) is 11.8 Å². The summed E-state index contributed by atoms with van der Waals surface area (Å²) in [5.41, 5.74) is 0.809. The van der Waals surface area contributed by atoms with E-state index in [0.717, 1.165) is 11.3 Å². The predicted octanol–water partition coefficient (Wildman–Crippen LogP) is 3.42. The smallest absolute Gasteiger partial charge is 0.230 e. The molecule has 0 aliphatic rings. The minimum Gasteiger partial charge on any atom is -0.492 e. The Morgan fingerprint density at radius 3 is 2.67 bits per heavy atom. The molecule has 140 valence electrons. The van der Waals surface area contributed by atoms with Gasteiger partial charge in [0.2, 0.25) is 5.91 Å². The SMILES string of the molecule is Cn1c(SCC(=O)NCCOc2ccccc2)nnc1-c1ccccc1Cl. The first kappa shape index (κ1) is 19.3. The van der Waals surface area contributed by atoms with Crippen molar-refractivity contribution in [1.29, 1.82) is 0 Å². The second-order valence-electron chi connectivity index (χ2n) is 5.65. The highest BCUT2D eigenvalue weighted by molar-refractivity contribution is 7.99. The van der Waals surface area contributed by atoms with Crippen molar-refractivity contribution in [3.63, 3.8) is 0 Å². The largest absolute Gasteiger partial charge is 0.492 e. The molecule has 0 unspecified atom stereocenters. The third kappa shape index (κ3) is 5.24. The first-order valence-corrected chi connectivity index (χ1v) is 9.73. The molecule has 0 atom stereocenters. The third-order valence-corrected chi connectivity index (χ3v) is 5.07. The minimum atomic E-state index is -0.0843. The minimum absolute atomic E-state index is 0.0843. The van der Waals surface area contributed by atoms with E-state index in [9.17, 15) is 4.79 Å². The van der Waals surface area contributed by atoms with E-state index in [2.05, 4.69) is 15.5 Å². The molecule has 3 rings (SSSR count). The molecular formula is C19H19ClN4O2S. The second kappa shape index (κ2) is 9.43. The Morgan fingerprint density at radius 1 is 1.15 bits per heavy atom. The summed E-state index contributed by atoms with van der Waals surface area (Å²) < 4.78 is 7.37. The number of nitrogens with zero attached hydrogens (tertiary/aromatic N) is 3. The molecule has 1 aromatic heterocycles. The van der Waals surface area contributed by atoms with Gasteiger partial charge in [-0.2, -0.15) is 0 Å². The fourth-order valence-corrected chi connectivity index (χ4v) is 3.34. The molecule has 0 fully saturated rings. The standard InChI is InChI=1S/C19H19ClN4O2S/c1-24-18(15-9-5-6-10-16(15)20)22-23-19(24)27-13-17(25)21-11-12-26-14-7-3-2-4-8-14/h2-10H,11-13H2,1H3,(H,21,25). The van der Waals surface area contributed by atoms with Crippen LogP contribution in [0, 0.1) is 0 Å². The van der Waals surface area contributed by atoms with Gasteiger partial charge in [-0.15, -0.1) is 10.2 Å². The van der Waals surface area contributed by atoms with Gasteiger partial charge in [0.1, 0.15) is 12.4 Å². The maximum absolute atomic E-state index is 12.0. The molecule has 0 radical (unpaired) electrons. The number of nitrogens with one attached hydrogen (secondary N) is 1. The maximum atomic E-state index is 12.0. The first-order chi connectivity index (χ1) is 13.1. The maximum Gasteiger partial charge on any atom is 0.230 e. The Balaban J connectivity index is 1.46. The van der Waals surface area contributed by atoms with Crippen molar-refractivity contribution in [2.24, 2.45) is 7.05 Å². The van der Waals surface area contributed by atoms with Crippen LogP contribution in [0.2, 0.25) is 5.02 Å². The zero-order chi connectivity index (χ0) is 19.1. The Bertz CT molecular complexity index is 902. The molecule has 1 heterocycles. The molecule has 0 aliphatic heterocycles. The van der Waals surface area contributed by atoms with Crippen LogP contribution in [-0.2, 0) is 11.8 Å². The Morgan fingerprint density at radius 2 is 1.89 bits per heavy atom. The highest BCUT2D eigenvalue weighted by Gasteiger charge is 2.14. The van der Waals surface area contributed by atoms with Crippen molar-refractivity contribution in [2.45, 2.75) is 5.16 Å². The van der Waals surface area contributed by atoms with Crippen LogP contribution in [0.15, 0.2) is 59.8 Å². The molecule has 8 heteroatoms. The van der Waals surface area contributed by atoms with Gasteiger partial charge in [-0.25, -0.2) is 0 Å². The van der Waals surface area contributed by atoms with Gasteiger partial charge in [-0.3, -0.25) is 4.79 Å². The topological polar surface area (TPSA) is 69.0 Å². The van der Waals surface area contributed by atoms with E-state index in [0.29, 0.717) is 29.2 Å². The number of para-hydroxylation sites is 1. The number of rotatable bonds is 8. The van der Waals surface area contributed by atoms with Crippen LogP contribution in [0.25, 0.3) is 11.4 Å². The molecule has 0 saturated heterocycles. The fourth-order valence-electron chi connectivity index (χ4n) is 2.37. The second-order valence-corrected chi connectivity index (χ2v) is 6.99. The number of amides is 1. The number of hydrogen-bond acceptors (Lipinski definition) is 5. The molecule has 0 aliphatic carbocycles. The Kier molecular flexibility index (Phi) is 6.73. The van der Waals surface area contributed by atoms with E-state index in [-0.39, 0.29) is 11.7 Å². The van der Waals surface area contributed by atoms with Crippen LogP contribution >= 0.6 is 23.4 Å². The van der Waals surface area contributed by atoms with Crippen LogP contribution in [0.1, 0.15) is 0 Å². The normalized spacial score (nSPS) is 10.6. The molecule has 0 spiro atoms. The van der Waals surface area contributed by atoms with Gasteiger partial charge in [0, 0.05) is 12.6 Å². The van der Waals surface area contributed by atoms with Gasteiger partial charge in [0.05, 0.1) is 17.3 Å². The average Bonchev–Trinajstić information content (AvgIpc) is 3.05. The summed E-state index contributed by atoms with van der Waals surface area (Å²) >= 11 is 7.54. The summed E-state index contributed by atoms with van der Waals surface area (Å²) in [6.45, 7) is 0.860. The molecule has 0 bridgehead atoms. The van der Waals surface area contributed by atoms with Crippen molar-refractivity contribution >= 4 is 29.3 Å². The highest BCUT2D eigenvalue weighted by atomic mass is 35.5. The van der Waals surface area contributed by atoms with E-state index < -0.39 is 0 Å². The van der Waals surface area contributed by atoms with Crippen molar-refractivity contribution in [3.05, 3.63) is 59.6 Å². The molecule has 1 N–H and O–H groups in total. The van der Waals surface area contributed by atoms with Crippen molar-refractivity contribution in [1.82, 2.24) is 20.1 Å². The lowest BCUT2D eigenvalue weighted by Gasteiger charge is -2.08. The number of carbonyl (C=O) groups excluding carboxylic acids is 1. The van der Waals surface area contributed by atoms with E-state index in [1.54, 1.807) is 0 Å². The summed E-state index contributed by atoms with van der Waals surface area (Å²) in [5.74, 6) is 1.62. The van der Waals surface area contributed by atoms with Crippen LogP contribution in [-0.4, -0.2) is 39.6 Å². The summed E-state index contributed by atoms with van der Waals surface area (Å²) in [6.07, 6.45) is 0. The molecule has 3 aromatic rings. The molecule has 2 aromatic carbocycles. The van der Waals surface area contributed by atoms with Crippen LogP contribution in [0.4, 0.5) is 0 Å². The first-order valence-electron chi connectivity index (χ1n) is 8.37. The van der Waals surface area contributed by atoms with Gasteiger partial charge < -0.3 is 14.6 Å². The molecule has 1 amide bonds. The Hall–Kier alpha value is -2.51. The van der Waals surface area contributed by atoms with Crippen LogP contribution < -0.4 is 10.1 Å². The van der Waals surface area contributed by atoms with Crippen LogP contribution in [0.3, 0.4) is 0 Å². The molecular weight excluding hydrogens is 384 g/mol. The van der Waals surface area contributed by atoms with Crippen molar-refractivity contribution in [3.8, 4) is 17.1 Å². The fraction of sp³-hybridized carbons (Fsp3) is 0.211. The Labute approximate surface area is 166 Å². The number of hydrogen-bond donors (Lipinski definition) is 1. The van der Waals surface area contributed by atoms with Crippen LogP contribution in [0.5, 0.6) is 5.75 Å². The summed E-state index contributed by atoms with van der Waals surface area (Å²) in [6, 6.07) is 17.0. The zero-order valence-electron chi connectivity index (χ0n) is 14.8. The van der Waals surface area contributed by atoms with E-state index in [4.69, 9.17) is 16.3 Å². The van der Waals surface area contributed by atoms with Crippen molar-refractivity contribution < 1.29 is 9.53 Å². The van der Waals surface area contributed by atoms with Gasteiger partial charge in [0.15, 0.2) is 11.0 Å². The van der Waals surface area contributed by atoms with Gasteiger partial charge in [-0.1, -0.05) is 53.7 Å². The molecule has 0 saturated carbocycles. The van der Waals surface area contributed by atoms with E-state index >= 15 is 0 Å². The number of aromatic nitrogens is 3. The number of halogens is 1. The monoisotopic (exact) mass is 402 g/mol. The zero-order valence-corrected chi connectivity index (χ0v) is 16.3.